The Labute approximate surface area is 221 Å². The molecule has 6 unspecified atom stereocenters. The number of alkyl halides is 1. The summed E-state index contributed by atoms with van der Waals surface area (Å²) in [6.45, 7) is 11.5. The smallest absolute Gasteiger partial charge is 0.232 e. The molecule has 0 aliphatic carbocycles. The summed E-state index contributed by atoms with van der Waals surface area (Å²) in [5.41, 5.74) is 7.89. The van der Waals surface area contributed by atoms with Crippen molar-refractivity contribution in [1.82, 2.24) is 20.4 Å². The number of fused-ring (bicyclic) bond motifs is 1. The zero-order chi connectivity index (χ0) is 26.9. The van der Waals surface area contributed by atoms with E-state index in [0.717, 1.165) is 57.6 Å². The third-order valence-corrected chi connectivity index (χ3v) is 7.84. The highest BCUT2D eigenvalue weighted by molar-refractivity contribution is 6.05. The first-order valence-electron chi connectivity index (χ1n) is 14.2. The topological polar surface area (TPSA) is 115 Å². The van der Waals surface area contributed by atoms with Crippen molar-refractivity contribution in [2.75, 3.05) is 39.3 Å². The van der Waals surface area contributed by atoms with Crippen molar-refractivity contribution in [3.63, 3.8) is 0 Å². The molecule has 0 radical (unpaired) electrons. The maximum absolute atomic E-state index is 14.1. The van der Waals surface area contributed by atoms with Crippen molar-refractivity contribution < 1.29 is 14.0 Å². The molecule has 3 fully saturated rings. The van der Waals surface area contributed by atoms with Crippen LogP contribution in [0.5, 0.6) is 0 Å². The summed E-state index contributed by atoms with van der Waals surface area (Å²) in [6, 6.07) is 0.347. The minimum Gasteiger partial charge on any atom is -0.350 e. The molecule has 3 aliphatic heterocycles. The maximum atomic E-state index is 14.1. The van der Waals surface area contributed by atoms with Crippen LogP contribution in [0.15, 0.2) is 9.98 Å². The van der Waals surface area contributed by atoms with Crippen LogP contribution in [0.1, 0.15) is 72.6 Å². The second-order valence-corrected chi connectivity index (χ2v) is 10.9. The lowest BCUT2D eigenvalue weighted by Crippen LogP contribution is -2.66. The Kier molecular flexibility index (Phi) is 11.5. The van der Waals surface area contributed by atoms with Crippen LogP contribution in [0.25, 0.3) is 0 Å². The monoisotopic (exact) mass is 521 g/mol. The van der Waals surface area contributed by atoms with Gasteiger partial charge in [0.25, 0.3) is 0 Å². The largest absolute Gasteiger partial charge is 0.350 e. The predicted molar refractivity (Wildman–Crippen MR) is 147 cm³/mol. The van der Waals surface area contributed by atoms with E-state index in [1.807, 2.05) is 20.8 Å². The second-order valence-electron chi connectivity index (χ2n) is 10.9. The van der Waals surface area contributed by atoms with E-state index in [1.54, 1.807) is 6.92 Å². The first-order chi connectivity index (χ1) is 17.7. The van der Waals surface area contributed by atoms with Gasteiger partial charge < -0.3 is 21.3 Å². The van der Waals surface area contributed by atoms with E-state index in [9.17, 15) is 14.0 Å². The van der Waals surface area contributed by atoms with Gasteiger partial charge in [-0.05, 0) is 52.5 Å². The summed E-state index contributed by atoms with van der Waals surface area (Å²) in [4.78, 5) is 39.8. The molecule has 9 nitrogen and oxygen atoms in total. The Morgan fingerprint density at radius 3 is 2.76 bits per heavy atom. The molecule has 0 saturated carbocycles. The molecule has 3 rings (SSSR count). The average molecular weight is 522 g/mol. The highest BCUT2D eigenvalue weighted by atomic mass is 19.1. The van der Waals surface area contributed by atoms with Crippen LogP contribution in [0.2, 0.25) is 0 Å². The predicted octanol–water partition coefficient (Wildman–Crippen LogP) is 1.90. The molecule has 0 bridgehead atoms. The Balaban J connectivity index is 1.78. The van der Waals surface area contributed by atoms with Crippen LogP contribution >= 0.6 is 0 Å². The summed E-state index contributed by atoms with van der Waals surface area (Å²) in [7, 11) is 0. The molecule has 0 aromatic rings. The Hall–Kier alpha value is -1.91. The fraction of sp³-hybridized carbons (Fsp3) is 0.852. The highest BCUT2D eigenvalue weighted by Gasteiger charge is 2.40. The number of piperidine rings is 2. The van der Waals surface area contributed by atoms with Gasteiger partial charge >= 0.3 is 0 Å². The zero-order valence-corrected chi connectivity index (χ0v) is 23.2. The number of hydrogen-bond acceptors (Lipinski definition) is 7. The maximum Gasteiger partial charge on any atom is 0.232 e. The lowest BCUT2D eigenvalue weighted by Gasteiger charge is -2.49. The van der Waals surface area contributed by atoms with E-state index in [1.165, 1.54) is 0 Å². The molecule has 3 aliphatic rings. The van der Waals surface area contributed by atoms with Gasteiger partial charge in [-0.15, -0.1) is 0 Å². The average Bonchev–Trinajstić information content (AvgIpc) is 2.87. The minimum absolute atomic E-state index is 0.0369. The van der Waals surface area contributed by atoms with E-state index in [0.29, 0.717) is 31.5 Å². The summed E-state index contributed by atoms with van der Waals surface area (Å²) in [5, 5.41) is 6.72. The van der Waals surface area contributed by atoms with Crippen LogP contribution in [-0.2, 0) is 9.59 Å². The third kappa shape index (κ3) is 8.04. The number of nitrogens with two attached hydrogens (primary N) is 1. The highest BCUT2D eigenvalue weighted by Crippen LogP contribution is 2.26. The van der Waals surface area contributed by atoms with Gasteiger partial charge in [0.15, 0.2) is 0 Å². The fourth-order valence-electron chi connectivity index (χ4n) is 5.90. The van der Waals surface area contributed by atoms with Crippen molar-refractivity contribution in [2.24, 2.45) is 21.6 Å². The molecule has 37 heavy (non-hydrogen) atoms. The van der Waals surface area contributed by atoms with E-state index in [2.05, 4.69) is 30.4 Å². The Morgan fingerprint density at radius 1 is 1.27 bits per heavy atom. The number of amides is 2. The molecular weight excluding hydrogens is 473 g/mol. The molecule has 2 amide bonds. The number of hydrogen-bond donors (Lipinski definition) is 3. The number of carbonyl (C=O) groups is 2. The molecule has 6 atom stereocenters. The molecule has 3 saturated heterocycles. The summed E-state index contributed by atoms with van der Waals surface area (Å²) in [5.74, 6) is -0.660. The Bertz CT molecular complexity index is 832. The van der Waals surface area contributed by atoms with Gasteiger partial charge in [-0.1, -0.05) is 20.3 Å². The zero-order valence-electron chi connectivity index (χ0n) is 23.2. The van der Waals surface area contributed by atoms with Crippen molar-refractivity contribution in [1.29, 1.82) is 0 Å². The van der Waals surface area contributed by atoms with Crippen LogP contribution in [0, 0.1) is 5.92 Å². The second kappa shape index (κ2) is 14.3. The van der Waals surface area contributed by atoms with Crippen LogP contribution in [0.4, 0.5) is 4.39 Å². The molecule has 210 valence electrons. The molecule has 4 N–H and O–H groups in total. The number of nitrogens with zero attached hydrogens (tertiary/aromatic N) is 4. The molecule has 0 aromatic heterocycles. The first kappa shape index (κ1) is 29.6. The van der Waals surface area contributed by atoms with Crippen LogP contribution in [-0.4, -0.2) is 103 Å². The van der Waals surface area contributed by atoms with Crippen LogP contribution in [0.3, 0.4) is 0 Å². The third-order valence-electron chi connectivity index (χ3n) is 7.84. The molecule has 3 heterocycles. The minimum atomic E-state index is -1.04. The van der Waals surface area contributed by atoms with Crippen molar-refractivity contribution in [3.8, 4) is 0 Å². The van der Waals surface area contributed by atoms with Gasteiger partial charge in [-0.25, -0.2) is 4.39 Å². The number of carbonyl (C=O) groups excluding carboxylic acids is 2. The SMILES string of the molecule is CCCC(=NCC(F)CC)C(C(=O)NC1CNCCC1N1CCN2C(=O)CCCC2C1)C(N)N=C(C)C. The van der Waals surface area contributed by atoms with Crippen molar-refractivity contribution in [3.05, 3.63) is 0 Å². The molecule has 0 aromatic carbocycles. The number of aliphatic imine (C=N–C) groups is 2. The number of halogens is 1. The van der Waals surface area contributed by atoms with Gasteiger partial charge in [-0.3, -0.25) is 24.5 Å². The van der Waals surface area contributed by atoms with Gasteiger partial charge in [0, 0.05) is 56.1 Å². The first-order valence-corrected chi connectivity index (χ1v) is 14.2. The van der Waals surface area contributed by atoms with Crippen molar-refractivity contribution in [2.45, 2.75) is 103 Å². The lowest BCUT2D eigenvalue weighted by atomic mass is 9.91. The fourth-order valence-corrected chi connectivity index (χ4v) is 5.90. The van der Waals surface area contributed by atoms with Crippen molar-refractivity contribution >= 4 is 23.2 Å². The van der Waals surface area contributed by atoms with Gasteiger partial charge in [0.05, 0.1) is 12.6 Å². The normalized spacial score (nSPS) is 27.7. The van der Waals surface area contributed by atoms with E-state index >= 15 is 0 Å². The lowest BCUT2D eigenvalue weighted by molar-refractivity contribution is -0.140. The van der Waals surface area contributed by atoms with Gasteiger partial charge in [-0.2, -0.15) is 0 Å². The summed E-state index contributed by atoms with van der Waals surface area (Å²) in [6.07, 6.45) is 3.50. The number of nitrogens with one attached hydrogen (secondary N) is 2. The van der Waals surface area contributed by atoms with E-state index in [4.69, 9.17) is 5.73 Å². The quantitative estimate of drug-likeness (QED) is 0.359. The molecule has 10 heteroatoms. The van der Waals surface area contributed by atoms with Crippen LogP contribution < -0.4 is 16.4 Å². The van der Waals surface area contributed by atoms with Gasteiger partial charge in [0.2, 0.25) is 11.8 Å². The van der Waals surface area contributed by atoms with E-state index < -0.39 is 18.3 Å². The number of piperazine rings is 1. The van der Waals surface area contributed by atoms with E-state index in [-0.39, 0.29) is 36.5 Å². The Morgan fingerprint density at radius 2 is 2.05 bits per heavy atom. The standard InChI is InChI=1S/C27H48FN7O2/c1-5-8-21(31-15-19(28)6-2)25(26(29)32-18(3)4)27(37)33-22-16-30-12-11-23(22)34-13-14-35-20(17-34)9-7-10-24(35)36/h19-20,22-23,25-26,30H,5-17,29H2,1-4H3,(H,33,37). The molecule has 0 spiro atoms. The number of rotatable bonds is 11. The summed E-state index contributed by atoms with van der Waals surface area (Å²) < 4.78 is 14.1. The molecular formula is C27H48FN7O2. The summed E-state index contributed by atoms with van der Waals surface area (Å²) >= 11 is 0. The van der Waals surface area contributed by atoms with Gasteiger partial charge in [0.1, 0.15) is 18.3 Å².